The molecule has 2 rings (SSSR count). The van der Waals surface area contributed by atoms with E-state index in [1.807, 2.05) is 13.8 Å². The van der Waals surface area contributed by atoms with Crippen molar-refractivity contribution < 1.29 is 28.5 Å². The summed E-state index contributed by atoms with van der Waals surface area (Å²) in [6.45, 7) is 3.41. The van der Waals surface area contributed by atoms with E-state index >= 15 is 0 Å². The smallest absolute Gasteiger partial charge is 0.342 e. The highest BCUT2D eigenvalue weighted by Gasteiger charge is 2.22. The van der Waals surface area contributed by atoms with E-state index in [9.17, 15) is 9.59 Å². The van der Waals surface area contributed by atoms with Crippen LogP contribution in [-0.4, -0.2) is 49.6 Å². The number of nitrogens with zero attached hydrogens (tertiary/aromatic N) is 2. The van der Waals surface area contributed by atoms with Gasteiger partial charge in [0.2, 0.25) is 5.75 Å². The second-order valence-corrected chi connectivity index (χ2v) is 5.76. The number of amides is 1. The number of hydrogen-bond acceptors (Lipinski definition) is 7. The molecule has 0 saturated carbocycles. The number of benzene rings is 1. The molecule has 27 heavy (non-hydrogen) atoms. The van der Waals surface area contributed by atoms with Gasteiger partial charge in [0, 0.05) is 12.1 Å². The Balaban J connectivity index is 2.07. The molecule has 0 spiro atoms. The lowest BCUT2D eigenvalue weighted by atomic mass is 10.1. The van der Waals surface area contributed by atoms with Crippen molar-refractivity contribution >= 4 is 17.7 Å². The lowest BCUT2D eigenvalue weighted by Gasteiger charge is -2.15. The van der Waals surface area contributed by atoms with Gasteiger partial charge in [0.15, 0.2) is 18.1 Å². The summed E-state index contributed by atoms with van der Waals surface area (Å²) in [6, 6.07) is 4.78. The number of carbonyl (C=O) groups excluding carboxylic acids is 2. The highest BCUT2D eigenvalue weighted by Crippen LogP contribution is 2.39. The molecule has 1 amide bonds. The Labute approximate surface area is 157 Å². The van der Waals surface area contributed by atoms with Crippen LogP contribution in [0.25, 0.3) is 0 Å². The van der Waals surface area contributed by atoms with Gasteiger partial charge < -0.3 is 24.3 Å². The average Bonchev–Trinajstić information content (AvgIpc) is 3.12. The Kier molecular flexibility index (Phi) is 6.64. The van der Waals surface area contributed by atoms with E-state index < -0.39 is 18.5 Å². The van der Waals surface area contributed by atoms with Gasteiger partial charge >= 0.3 is 5.97 Å². The summed E-state index contributed by atoms with van der Waals surface area (Å²) < 4.78 is 22.4. The van der Waals surface area contributed by atoms with Crippen LogP contribution in [0.3, 0.4) is 0 Å². The molecule has 0 aliphatic heterocycles. The van der Waals surface area contributed by atoms with Gasteiger partial charge in [-0.15, -0.1) is 0 Å². The van der Waals surface area contributed by atoms with Crippen LogP contribution in [0.15, 0.2) is 24.4 Å². The molecule has 0 bridgehead atoms. The van der Waals surface area contributed by atoms with Crippen molar-refractivity contribution in [2.45, 2.75) is 19.9 Å². The largest absolute Gasteiger partial charge is 0.493 e. The summed E-state index contributed by atoms with van der Waals surface area (Å²) >= 11 is 0. The number of esters is 1. The number of methoxy groups -OCH3 is 3. The van der Waals surface area contributed by atoms with E-state index in [0.717, 1.165) is 0 Å². The first-order chi connectivity index (χ1) is 12.9. The molecule has 0 atom stereocenters. The Morgan fingerprint density at radius 1 is 1.07 bits per heavy atom. The highest BCUT2D eigenvalue weighted by atomic mass is 16.5. The maximum Gasteiger partial charge on any atom is 0.342 e. The van der Waals surface area contributed by atoms with Crippen LogP contribution < -0.4 is 19.5 Å². The highest BCUT2D eigenvalue weighted by molar-refractivity contribution is 5.97. The van der Waals surface area contributed by atoms with Crippen LogP contribution in [0, 0.1) is 0 Å². The van der Waals surface area contributed by atoms with Crippen LogP contribution in [0.1, 0.15) is 30.2 Å². The fourth-order valence-corrected chi connectivity index (χ4v) is 2.47. The molecule has 1 aromatic heterocycles. The molecule has 0 aliphatic carbocycles. The summed E-state index contributed by atoms with van der Waals surface area (Å²) in [4.78, 5) is 24.5. The third kappa shape index (κ3) is 4.49. The SMILES string of the molecule is COc1ccc(C(=O)OCC(=O)Nc2ccnn2C(C)C)c(OC)c1OC. The van der Waals surface area contributed by atoms with Gasteiger partial charge in [0.05, 0.1) is 27.5 Å². The summed E-state index contributed by atoms with van der Waals surface area (Å²) in [5.74, 6) is 0.158. The van der Waals surface area contributed by atoms with Gasteiger partial charge in [-0.1, -0.05) is 0 Å². The third-order valence-electron chi connectivity index (χ3n) is 3.69. The maximum atomic E-state index is 12.4. The zero-order chi connectivity index (χ0) is 20.0. The number of carbonyl (C=O) groups is 2. The molecule has 0 unspecified atom stereocenters. The molecule has 9 heteroatoms. The third-order valence-corrected chi connectivity index (χ3v) is 3.69. The number of aromatic nitrogens is 2. The molecule has 1 N–H and O–H groups in total. The average molecular weight is 377 g/mol. The molecule has 146 valence electrons. The molecule has 1 aromatic carbocycles. The standard InChI is InChI=1S/C18H23N3O6/c1-11(2)21-14(8-9-19-21)20-15(22)10-27-18(23)12-6-7-13(24-3)17(26-5)16(12)25-4/h6-9,11H,10H2,1-5H3,(H,20,22). The lowest BCUT2D eigenvalue weighted by Crippen LogP contribution is -2.23. The van der Waals surface area contributed by atoms with Crippen LogP contribution in [-0.2, 0) is 9.53 Å². The van der Waals surface area contributed by atoms with Gasteiger partial charge in [0.1, 0.15) is 11.4 Å². The topological polar surface area (TPSA) is 101 Å². The molecule has 1 heterocycles. The van der Waals surface area contributed by atoms with Gasteiger partial charge in [-0.05, 0) is 26.0 Å². The summed E-state index contributed by atoms with van der Waals surface area (Å²) in [6.07, 6.45) is 1.58. The normalized spacial score (nSPS) is 10.4. The molecule has 0 fully saturated rings. The van der Waals surface area contributed by atoms with Crippen molar-refractivity contribution in [2.24, 2.45) is 0 Å². The predicted molar refractivity (Wildman–Crippen MR) is 97.6 cm³/mol. The van der Waals surface area contributed by atoms with E-state index in [0.29, 0.717) is 11.6 Å². The van der Waals surface area contributed by atoms with Gasteiger partial charge in [0.25, 0.3) is 5.91 Å². The molecule has 9 nitrogen and oxygen atoms in total. The summed E-state index contributed by atoms with van der Waals surface area (Å²) in [5.41, 5.74) is 0.121. The van der Waals surface area contributed by atoms with Gasteiger partial charge in [-0.25, -0.2) is 9.48 Å². The second-order valence-electron chi connectivity index (χ2n) is 5.76. The van der Waals surface area contributed by atoms with Crippen LogP contribution >= 0.6 is 0 Å². The summed E-state index contributed by atoms with van der Waals surface area (Å²) in [7, 11) is 4.30. The Hall–Kier alpha value is -3.23. The Bertz CT molecular complexity index is 815. The van der Waals surface area contributed by atoms with E-state index in [1.54, 1.807) is 23.0 Å². The number of nitrogens with one attached hydrogen (secondary N) is 1. The minimum atomic E-state index is -0.722. The van der Waals surface area contributed by atoms with E-state index in [1.165, 1.54) is 27.4 Å². The zero-order valence-corrected chi connectivity index (χ0v) is 15.9. The van der Waals surface area contributed by atoms with Crippen molar-refractivity contribution in [1.82, 2.24) is 9.78 Å². The first-order valence-corrected chi connectivity index (χ1v) is 8.22. The first-order valence-electron chi connectivity index (χ1n) is 8.22. The predicted octanol–water partition coefficient (Wildman–Crippen LogP) is 2.29. The quantitative estimate of drug-likeness (QED) is 0.704. The van der Waals surface area contributed by atoms with Crippen molar-refractivity contribution in [3.63, 3.8) is 0 Å². The summed E-state index contributed by atoms with van der Waals surface area (Å²) in [5, 5.41) is 6.78. The molecule has 2 aromatic rings. The zero-order valence-electron chi connectivity index (χ0n) is 15.9. The van der Waals surface area contributed by atoms with E-state index in [-0.39, 0.29) is 23.1 Å². The van der Waals surface area contributed by atoms with Crippen LogP contribution in [0.2, 0.25) is 0 Å². The first kappa shape index (κ1) is 20.1. The number of anilines is 1. The van der Waals surface area contributed by atoms with Crippen LogP contribution in [0.5, 0.6) is 17.2 Å². The molecular weight excluding hydrogens is 354 g/mol. The van der Waals surface area contributed by atoms with Crippen molar-refractivity contribution in [3.05, 3.63) is 30.0 Å². The van der Waals surface area contributed by atoms with E-state index in [2.05, 4.69) is 10.4 Å². The molecule has 0 radical (unpaired) electrons. The number of ether oxygens (including phenoxy) is 4. The second kappa shape index (κ2) is 8.93. The Morgan fingerprint density at radius 3 is 2.37 bits per heavy atom. The number of rotatable bonds is 8. The lowest BCUT2D eigenvalue weighted by molar-refractivity contribution is -0.119. The van der Waals surface area contributed by atoms with E-state index in [4.69, 9.17) is 18.9 Å². The Morgan fingerprint density at radius 2 is 1.78 bits per heavy atom. The van der Waals surface area contributed by atoms with Crippen molar-refractivity contribution in [2.75, 3.05) is 33.3 Å². The molecule has 0 saturated heterocycles. The minimum absolute atomic E-state index is 0.0777. The minimum Gasteiger partial charge on any atom is -0.493 e. The van der Waals surface area contributed by atoms with Gasteiger partial charge in [-0.3, -0.25) is 4.79 Å². The molecule has 0 aliphatic rings. The van der Waals surface area contributed by atoms with Crippen molar-refractivity contribution in [3.8, 4) is 17.2 Å². The van der Waals surface area contributed by atoms with Crippen molar-refractivity contribution in [1.29, 1.82) is 0 Å². The van der Waals surface area contributed by atoms with Gasteiger partial charge in [-0.2, -0.15) is 5.10 Å². The molecular formula is C18H23N3O6. The maximum absolute atomic E-state index is 12.4. The fourth-order valence-electron chi connectivity index (χ4n) is 2.47. The monoisotopic (exact) mass is 377 g/mol. The fraction of sp³-hybridized carbons (Fsp3) is 0.389. The van der Waals surface area contributed by atoms with Crippen LogP contribution in [0.4, 0.5) is 5.82 Å². The number of hydrogen-bond donors (Lipinski definition) is 1.